The van der Waals surface area contributed by atoms with Gasteiger partial charge in [0.2, 0.25) is 0 Å². The SMILES string of the molecule is [2H]C([2H])([2H])n1c(=O)n(CCCCC(O)(C([2H])([2H])[2H])C([3H])([3H])[3H])c(=O)c2c1ncn2C([2H])([2H])C([2H])([2H])C([2H])([2H])[2H]. The average molecular weight is 342 g/mol. The predicted octanol–water partition coefficient (Wildman–Crippen LogP) is 1.25. The Labute approximate surface area is 157 Å². The summed E-state index contributed by atoms with van der Waals surface area (Å²) in [4.78, 5) is 29.9. The van der Waals surface area contributed by atoms with E-state index in [1.54, 1.807) is 0 Å². The Balaban J connectivity index is 2.67. The molecule has 1 N–H and O–H groups in total. The summed E-state index contributed by atoms with van der Waals surface area (Å²) in [7, 11) is 0. The molecule has 2 heterocycles. The zero-order valence-electron chi connectivity index (χ0n) is 28.0. The lowest BCUT2D eigenvalue weighted by Crippen LogP contribution is -2.39. The normalized spacial score (nSPS) is 28.0. The summed E-state index contributed by atoms with van der Waals surface area (Å²) >= 11 is 0. The van der Waals surface area contributed by atoms with Crippen LogP contribution in [0.25, 0.3) is 11.2 Å². The van der Waals surface area contributed by atoms with Gasteiger partial charge in [0.25, 0.3) is 5.56 Å². The van der Waals surface area contributed by atoms with E-state index in [4.69, 9.17) is 21.9 Å². The van der Waals surface area contributed by atoms with Crippen molar-refractivity contribution in [1.82, 2.24) is 18.7 Å². The van der Waals surface area contributed by atoms with Gasteiger partial charge in [-0.3, -0.25) is 13.9 Å². The Kier molecular flexibility index (Phi) is 1.71. The maximum atomic E-state index is 13.3. The molecule has 0 fully saturated rings. The largest absolute Gasteiger partial charge is 0.390 e. The Hall–Kier alpha value is -1.89. The summed E-state index contributed by atoms with van der Waals surface area (Å²) in [5, 5.41) is 10.4. The number of hydrogen-bond donors (Lipinski definition) is 1. The highest BCUT2D eigenvalue weighted by atomic mass is 16.3. The third-order valence-corrected chi connectivity index (χ3v) is 3.18. The first-order valence-corrected chi connectivity index (χ1v) is 6.61. The molecule has 1 unspecified atom stereocenters. The van der Waals surface area contributed by atoms with Gasteiger partial charge >= 0.3 is 5.69 Å². The van der Waals surface area contributed by atoms with Crippen molar-refractivity contribution in [2.24, 2.45) is 6.98 Å². The molecular weight excluding hydrogens is 296 g/mol. The number of aryl methyl sites for hydroxylation is 2. The molecule has 2 rings (SSSR count). The van der Waals surface area contributed by atoms with E-state index in [1.807, 2.05) is 0 Å². The highest BCUT2D eigenvalue weighted by Crippen LogP contribution is 2.12. The van der Waals surface area contributed by atoms with Gasteiger partial charge in [0.1, 0.15) is 0 Å². The van der Waals surface area contributed by atoms with Gasteiger partial charge < -0.3 is 9.67 Å². The van der Waals surface area contributed by atoms with Crippen LogP contribution in [-0.4, -0.2) is 29.4 Å². The summed E-state index contributed by atoms with van der Waals surface area (Å²) < 4.78 is 122. The van der Waals surface area contributed by atoms with E-state index in [9.17, 15) is 14.7 Å². The van der Waals surface area contributed by atoms with Crippen molar-refractivity contribution in [3.05, 3.63) is 27.2 Å². The van der Waals surface area contributed by atoms with Crippen LogP contribution in [0.3, 0.4) is 0 Å². The van der Waals surface area contributed by atoms with Crippen LogP contribution in [0.2, 0.25) is 0 Å². The van der Waals surface area contributed by atoms with Crippen LogP contribution >= 0.6 is 0 Å². The monoisotopic (exact) mass is 341 g/mol. The standard InChI is InChI=1S/C16H26N4O3/c1-5-9-19-11-17-13-12(19)14(21)20(15(22)18(13)4)10-7-6-8-16(2,3)23/h11,23H,5-10H2,1-4H3/i1D3,2D3,3T3,4D3,5D2,9D2. The minimum Gasteiger partial charge on any atom is -0.390 e. The lowest BCUT2D eigenvalue weighted by Gasteiger charge is -2.16. The molecule has 0 spiro atoms. The first kappa shape index (κ1) is 5.88. The number of hydrogen-bond acceptors (Lipinski definition) is 4. The van der Waals surface area contributed by atoms with Crippen LogP contribution in [0, 0.1) is 0 Å². The number of aliphatic hydroxyl groups is 1. The van der Waals surface area contributed by atoms with Gasteiger partial charge in [0.05, 0.1) is 11.9 Å². The molecule has 23 heavy (non-hydrogen) atoms. The van der Waals surface area contributed by atoms with E-state index in [0.29, 0.717) is 10.9 Å². The maximum Gasteiger partial charge on any atom is 0.332 e. The molecule has 0 saturated carbocycles. The zero-order valence-corrected chi connectivity index (χ0v) is 12.0. The molecular formula is C16H26N4O3. The highest BCUT2D eigenvalue weighted by molar-refractivity contribution is 5.69. The van der Waals surface area contributed by atoms with Crippen LogP contribution in [0.5, 0.6) is 0 Å². The summed E-state index contributed by atoms with van der Waals surface area (Å²) in [5.74, 6) is 0. The van der Waals surface area contributed by atoms with Gasteiger partial charge in [-0.1, -0.05) is 6.85 Å². The van der Waals surface area contributed by atoms with E-state index >= 15 is 0 Å². The first-order chi connectivity index (χ1) is 17.1. The number of rotatable bonds is 7. The van der Waals surface area contributed by atoms with E-state index < -0.39 is 81.4 Å². The second-order valence-corrected chi connectivity index (χ2v) is 4.92. The van der Waals surface area contributed by atoms with Crippen LogP contribution < -0.4 is 11.2 Å². The quantitative estimate of drug-likeness (QED) is 0.768. The molecule has 0 bridgehead atoms. The Morgan fingerprint density at radius 2 is 2.39 bits per heavy atom. The van der Waals surface area contributed by atoms with Crippen molar-refractivity contribution in [2.75, 3.05) is 0 Å². The Morgan fingerprint density at radius 1 is 1.52 bits per heavy atom. The highest BCUT2D eigenvalue weighted by Gasteiger charge is 2.16. The number of fused-ring (bicyclic) bond motifs is 1. The molecule has 0 amide bonds. The van der Waals surface area contributed by atoms with Gasteiger partial charge in [-0.2, -0.15) is 0 Å². The smallest absolute Gasteiger partial charge is 0.332 e. The zero-order chi connectivity index (χ0) is 30.8. The molecule has 0 aliphatic rings. The van der Waals surface area contributed by atoms with E-state index in [1.165, 1.54) is 0 Å². The third-order valence-electron chi connectivity index (χ3n) is 3.18. The van der Waals surface area contributed by atoms with Crippen molar-refractivity contribution < 1.29 is 27.0 Å². The minimum absolute atomic E-state index is 0.0580. The number of unbranched alkanes of at least 4 members (excludes halogenated alkanes) is 1. The van der Waals surface area contributed by atoms with Gasteiger partial charge in [0.15, 0.2) is 11.2 Å². The summed E-state index contributed by atoms with van der Waals surface area (Å²) in [6.45, 7) is -17.6. The predicted molar refractivity (Wildman–Crippen MR) is 89.7 cm³/mol. The second-order valence-electron chi connectivity index (χ2n) is 4.92. The average Bonchev–Trinajstić information content (AvgIpc) is 3.14. The molecule has 0 aromatic carbocycles. The van der Waals surface area contributed by atoms with Crippen LogP contribution in [-0.2, 0) is 20.0 Å². The van der Waals surface area contributed by atoms with Crippen molar-refractivity contribution in [1.29, 1.82) is 0 Å². The van der Waals surface area contributed by atoms with Crippen molar-refractivity contribution in [2.45, 2.75) is 64.8 Å². The van der Waals surface area contributed by atoms with E-state index in [-0.39, 0.29) is 22.0 Å². The molecule has 0 aliphatic carbocycles. The van der Waals surface area contributed by atoms with E-state index in [2.05, 4.69) is 4.98 Å². The van der Waals surface area contributed by atoms with Gasteiger partial charge in [-0.05, 0) is 39.3 Å². The van der Waals surface area contributed by atoms with Gasteiger partial charge in [-0.25, -0.2) is 9.78 Å². The van der Waals surface area contributed by atoms with Gasteiger partial charge in [0, 0.05) is 41.9 Å². The number of nitrogens with zero attached hydrogens (tertiary/aromatic N) is 4. The fraction of sp³-hybridized carbons (Fsp3) is 0.688. The Morgan fingerprint density at radius 3 is 3.09 bits per heavy atom. The summed E-state index contributed by atoms with van der Waals surface area (Å²) in [6.07, 6.45) is -4.64. The Bertz CT molecular complexity index is 1310. The molecule has 7 heteroatoms. The van der Waals surface area contributed by atoms with Crippen molar-refractivity contribution in [3.63, 3.8) is 0 Å². The topological polar surface area (TPSA) is 82.0 Å². The van der Waals surface area contributed by atoms with E-state index in [0.717, 1.165) is 0 Å². The van der Waals surface area contributed by atoms with Crippen LogP contribution in [0.4, 0.5) is 0 Å². The molecule has 128 valence electrons. The number of imidazole rings is 1. The fourth-order valence-electron chi connectivity index (χ4n) is 2.12. The summed E-state index contributed by atoms with van der Waals surface area (Å²) in [5.41, 5.74) is -7.74. The third kappa shape index (κ3) is 3.72. The molecule has 0 aliphatic heterocycles. The first-order valence-electron chi connectivity index (χ1n) is 14.6. The molecule has 0 radical (unpaired) electrons. The lowest BCUT2D eigenvalue weighted by atomic mass is 10.0. The molecule has 1 atom stereocenters. The molecule has 7 nitrogen and oxygen atoms in total. The molecule has 2 aromatic heterocycles. The van der Waals surface area contributed by atoms with Crippen LogP contribution in [0.15, 0.2) is 15.9 Å². The maximum absolute atomic E-state index is 13.3. The molecule has 0 saturated heterocycles. The van der Waals surface area contributed by atoms with Crippen molar-refractivity contribution >= 4 is 11.2 Å². The van der Waals surface area contributed by atoms with Crippen LogP contribution in [0.1, 0.15) is 68.1 Å². The minimum atomic E-state index is -3.62. The van der Waals surface area contributed by atoms with Gasteiger partial charge in [-0.15, -0.1) is 0 Å². The fourth-order valence-corrected chi connectivity index (χ4v) is 2.12. The second kappa shape index (κ2) is 6.70. The molecule has 2 aromatic rings. The summed E-state index contributed by atoms with van der Waals surface area (Å²) in [6, 6.07) is 0. The van der Waals surface area contributed by atoms with Crippen molar-refractivity contribution in [3.8, 4) is 0 Å². The lowest BCUT2D eigenvalue weighted by molar-refractivity contribution is 0.0678. The number of aromatic nitrogens is 4.